The van der Waals surface area contributed by atoms with E-state index < -0.39 is 32.5 Å². The molecule has 0 saturated heterocycles. The zero-order valence-electron chi connectivity index (χ0n) is 48.6. The first-order chi connectivity index (χ1) is 37.8. The maximum atomic E-state index is 12.7. The van der Waals surface area contributed by atoms with Gasteiger partial charge < -0.3 is 20.1 Å². The van der Waals surface area contributed by atoms with E-state index in [4.69, 9.17) is 24.3 Å². The molecule has 0 aliphatic carbocycles. The van der Waals surface area contributed by atoms with E-state index in [-0.39, 0.29) is 32.6 Å². The summed E-state index contributed by atoms with van der Waals surface area (Å²) in [6, 6.07) is 0. The van der Waals surface area contributed by atoms with Crippen LogP contribution in [-0.2, 0) is 32.7 Å². The van der Waals surface area contributed by atoms with Gasteiger partial charge in [-0.3, -0.25) is 18.6 Å². The molecule has 10 heteroatoms. The predicted molar refractivity (Wildman–Crippen MR) is 330 cm³/mol. The van der Waals surface area contributed by atoms with E-state index in [0.717, 1.165) is 109 Å². The van der Waals surface area contributed by atoms with E-state index in [1.165, 1.54) is 89.9 Å². The number of esters is 2. The molecule has 0 aromatic rings. The SMILES string of the molecule is CC/C=C\C/C=C\C/C=C\C/C=C\C/C=C\C/C=C\C/C=C\C/C=C\C/C=C\C/C=C\C/C=C\C/C=C\CCCCC(=O)OC(COC(=O)CCCCCCCCCCCCCCCCCCC)COP(=O)(O)OCCN. The minimum Gasteiger partial charge on any atom is -0.462 e. The highest BCUT2D eigenvalue weighted by molar-refractivity contribution is 7.47. The fourth-order valence-corrected chi connectivity index (χ4v) is 8.56. The number of phosphoric acid groups is 1. The van der Waals surface area contributed by atoms with Gasteiger partial charge in [-0.05, 0) is 103 Å². The van der Waals surface area contributed by atoms with Crippen molar-refractivity contribution in [3.05, 3.63) is 146 Å². The van der Waals surface area contributed by atoms with Crippen LogP contribution >= 0.6 is 7.82 Å². The lowest BCUT2D eigenvalue weighted by molar-refractivity contribution is -0.161. The van der Waals surface area contributed by atoms with Crippen molar-refractivity contribution in [3.63, 3.8) is 0 Å². The van der Waals surface area contributed by atoms with E-state index in [1.54, 1.807) is 0 Å². The molecule has 0 heterocycles. The molecule has 3 N–H and O–H groups in total. The smallest absolute Gasteiger partial charge is 0.462 e. The summed E-state index contributed by atoms with van der Waals surface area (Å²) in [4.78, 5) is 35.1. The van der Waals surface area contributed by atoms with Gasteiger partial charge in [0.25, 0.3) is 0 Å². The zero-order chi connectivity index (χ0) is 55.9. The van der Waals surface area contributed by atoms with Gasteiger partial charge in [0, 0.05) is 19.4 Å². The molecule has 0 rings (SSSR count). The van der Waals surface area contributed by atoms with Crippen LogP contribution in [0.3, 0.4) is 0 Å². The first-order valence-electron chi connectivity index (χ1n) is 30.3. The highest BCUT2D eigenvalue weighted by Crippen LogP contribution is 2.43. The van der Waals surface area contributed by atoms with E-state index >= 15 is 0 Å². The monoisotopic (exact) mass is 1090 g/mol. The van der Waals surface area contributed by atoms with Gasteiger partial charge in [0.05, 0.1) is 13.2 Å². The van der Waals surface area contributed by atoms with Gasteiger partial charge in [-0.15, -0.1) is 0 Å². The lowest BCUT2D eigenvalue weighted by atomic mass is 10.0. The lowest BCUT2D eigenvalue weighted by Crippen LogP contribution is -2.29. The van der Waals surface area contributed by atoms with Crippen LogP contribution in [0.5, 0.6) is 0 Å². The average molecular weight is 1090 g/mol. The van der Waals surface area contributed by atoms with Crippen LogP contribution in [0.25, 0.3) is 0 Å². The Morgan fingerprint density at radius 3 is 1.06 bits per heavy atom. The Hall–Kier alpha value is -4.11. The van der Waals surface area contributed by atoms with Gasteiger partial charge >= 0.3 is 19.8 Å². The van der Waals surface area contributed by atoms with Crippen molar-refractivity contribution in [1.29, 1.82) is 0 Å². The third-order valence-corrected chi connectivity index (χ3v) is 13.2. The predicted octanol–water partition coefficient (Wildman–Crippen LogP) is 19.5. The largest absolute Gasteiger partial charge is 0.472 e. The number of allylic oxidation sites excluding steroid dienone is 24. The number of carbonyl (C=O) groups is 2. The minimum absolute atomic E-state index is 0.0399. The molecule has 436 valence electrons. The van der Waals surface area contributed by atoms with Crippen LogP contribution in [0.15, 0.2) is 146 Å². The summed E-state index contributed by atoms with van der Waals surface area (Å²) >= 11 is 0. The van der Waals surface area contributed by atoms with Crippen molar-refractivity contribution < 1.29 is 37.6 Å². The Kier molecular flexibility index (Phi) is 57.8. The molecule has 0 saturated carbocycles. The minimum atomic E-state index is -4.41. The molecular weight excluding hydrogens is 978 g/mol. The maximum Gasteiger partial charge on any atom is 0.472 e. The van der Waals surface area contributed by atoms with E-state index in [1.807, 2.05) is 0 Å². The van der Waals surface area contributed by atoms with E-state index in [9.17, 15) is 19.0 Å². The molecule has 2 unspecified atom stereocenters. The Morgan fingerprint density at radius 2 is 0.714 bits per heavy atom. The topological polar surface area (TPSA) is 134 Å². The van der Waals surface area contributed by atoms with Crippen molar-refractivity contribution in [2.75, 3.05) is 26.4 Å². The molecule has 0 bridgehead atoms. The molecule has 0 radical (unpaired) electrons. The fraction of sp³-hybridized carbons (Fsp3) is 0.612. The highest BCUT2D eigenvalue weighted by atomic mass is 31.2. The number of carbonyl (C=O) groups excluding carboxylic acids is 2. The zero-order valence-corrected chi connectivity index (χ0v) is 49.5. The summed E-state index contributed by atoms with van der Waals surface area (Å²) in [5.41, 5.74) is 5.38. The second-order valence-electron chi connectivity index (χ2n) is 19.5. The van der Waals surface area contributed by atoms with Crippen LogP contribution in [-0.4, -0.2) is 49.3 Å². The number of hydrogen-bond acceptors (Lipinski definition) is 8. The molecule has 0 aliphatic rings. The van der Waals surface area contributed by atoms with E-state index in [2.05, 4.69) is 160 Å². The van der Waals surface area contributed by atoms with Gasteiger partial charge in [0.2, 0.25) is 0 Å². The standard InChI is InChI=1S/C67H110NO8P/c1-3-5-7-9-11-13-15-17-19-21-22-23-24-25-26-27-28-29-30-31-32-33-34-35-36-37-38-39-40-41-42-44-46-48-50-52-54-56-58-60-67(70)76-65(64-75-77(71,72)74-62-61-68)63-73-66(69)59-57-55-53-51-49-47-45-43-20-18-16-14-12-10-8-6-4-2/h5,7,11,13,17,19,22-23,25-26,28-29,31-32,34-35,37-38,40-41,44,46,50,52,65H,3-4,6,8-10,12,14-16,18,20-21,24,27,30,33,36,39,42-43,45,47-49,51,53-64,68H2,1-2H3,(H,71,72)/b7-5-,13-11-,19-17-,23-22-,26-25-,29-28-,32-31-,35-34-,38-37-,41-40-,46-44-,52-50-. The highest BCUT2D eigenvalue weighted by Gasteiger charge is 2.26. The molecule has 9 nitrogen and oxygen atoms in total. The summed E-state index contributed by atoms with van der Waals surface area (Å²) in [7, 11) is -4.41. The molecule has 0 aliphatic heterocycles. The quantitative estimate of drug-likeness (QED) is 0.0264. The third kappa shape index (κ3) is 61.0. The number of ether oxygens (including phenoxy) is 2. The van der Waals surface area contributed by atoms with Crippen molar-refractivity contribution in [2.45, 2.75) is 238 Å². The summed E-state index contributed by atoms with van der Waals surface area (Å²) in [6.45, 7) is 3.57. The number of nitrogens with two attached hydrogens (primary N) is 1. The summed E-state index contributed by atoms with van der Waals surface area (Å²) in [6.07, 6.45) is 87.7. The van der Waals surface area contributed by atoms with Gasteiger partial charge in [0.15, 0.2) is 6.10 Å². The molecule has 0 spiro atoms. The molecular formula is C67H110NO8P. The van der Waals surface area contributed by atoms with Gasteiger partial charge in [-0.1, -0.05) is 262 Å². The normalized spacial score (nSPS) is 14.1. The molecule has 2 atom stereocenters. The Balaban J connectivity index is 4.09. The fourth-order valence-electron chi connectivity index (χ4n) is 7.79. The Labute approximate surface area is 471 Å². The number of unbranched alkanes of at least 4 members (excludes halogenated alkanes) is 18. The second-order valence-corrected chi connectivity index (χ2v) is 20.9. The summed E-state index contributed by atoms with van der Waals surface area (Å²) in [5.74, 6) is -0.884. The van der Waals surface area contributed by atoms with Crippen molar-refractivity contribution in [3.8, 4) is 0 Å². The van der Waals surface area contributed by atoms with Crippen molar-refractivity contribution in [2.24, 2.45) is 5.73 Å². The molecule has 0 aromatic carbocycles. The Morgan fingerprint density at radius 1 is 0.403 bits per heavy atom. The van der Waals surface area contributed by atoms with E-state index in [0.29, 0.717) is 6.42 Å². The molecule has 77 heavy (non-hydrogen) atoms. The van der Waals surface area contributed by atoms with Crippen molar-refractivity contribution in [1.82, 2.24) is 0 Å². The van der Waals surface area contributed by atoms with Crippen LogP contribution in [0.4, 0.5) is 0 Å². The number of rotatable bonds is 55. The maximum absolute atomic E-state index is 12.7. The third-order valence-electron chi connectivity index (χ3n) is 12.2. The summed E-state index contributed by atoms with van der Waals surface area (Å²) in [5, 5.41) is 0. The van der Waals surface area contributed by atoms with Crippen LogP contribution in [0.2, 0.25) is 0 Å². The van der Waals surface area contributed by atoms with Crippen molar-refractivity contribution >= 4 is 19.8 Å². The summed E-state index contributed by atoms with van der Waals surface area (Å²) < 4.78 is 33.0. The van der Waals surface area contributed by atoms with Crippen LogP contribution in [0, 0.1) is 0 Å². The van der Waals surface area contributed by atoms with Gasteiger partial charge in [-0.2, -0.15) is 0 Å². The van der Waals surface area contributed by atoms with Crippen LogP contribution in [0.1, 0.15) is 232 Å². The first-order valence-corrected chi connectivity index (χ1v) is 31.8. The first kappa shape index (κ1) is 72.9. The molecule has 0 fully saturated rings. The van der Waals surface area contributed by atoms with Gasteiger partial charge in [-0.25, -0.2) is 4.57 Å². The van der Waals surface area contributed by atoms with Gasteiger partial charge in [0.1, 0.15) is 6.61 Å². The van der Waals surface area contributed by atoms with Crippen LogP contribution < -0.4 is 5.73 Å². The number of hydrogen-bond donors (Lipinski definition) is 2. The lowest BCUT2D eigenvalue weighted by Gasteiger charge is -2.19. The second kappa shape index (κ2) is 61.1. The molecule has 0 aromatic heterocycles. The number of phosphoric ester groups is 1. The molecule has 0 amide bonds. The Bertz CT molecular complexity index is 1770. The average Bonchev–Trinajstić information content (AvgIpc) is 3.42.